The maximum Gasteiger partial charge on any atom is 0.164 e. The van der Waals surface area contributed by atoms with E-state index in [9.17, 15) is 0 Å². The first kappa shape index (κ1) is 39.9. The summed E-state index contributed by atoms with van der Waals surface area (Å²) >= 11 is 0. The van der Waals surface area contributed by atoms with Crippen LogP contribution in [0.4, 0.5) is 0 Å². The van der Waals surface area contributed by atoms with Crippen LogP contribution in [-0.4, -0.2) is 15.0 Å². The zero-order chi connectivity index (χ0) is 46.2. The van der Waals surface area contributed by atoms with Gasteiger partial charge in [0.2, 0.25) is 0 Å². The summed E-state index contributed by atoms with van der Waals surface area (Å²) in [7, 11) is 0. The summed E-state index contributed by atoms with van der Waals surface area (Å²) in [6, 6.07) is 89.1. The van der Waals surface area contributed by atoms with E-state index in [1.807, 2.05) is 60.7 Å². The summed E-state index contributed by atoms with van der Waals surface area (Å²) in [6.45, 7) is 0. The largest absolute Gasteiger partial charge is 0.456 e. The molecule has 0 amide bonds. The molecular weight excluding hydrogens is 851 g/mol. The number of aromatic nitrogens is 3. The lowest BCUT2D eigenvalue weighted by Gasteiger charge is -2.34. The molecule has 0 atom stereocenters. The molecule has 0 spiro atoms. The van der Waals surface area contributed by atoms with Crippen molar-refractivity contribution in [1.82, 2.24) is 15.0 Å². The number of fused-ring (bicyclic) bond motifs is 9. The number of furan rings is 1. The highest BCUT2D eigenvalue weighted by Gasteiger charge is 2.47. The molecule has 0 radical (unpaired) electrons. The Hall–Kier alpha value is -9.25. The predicted molar refractivity (Wildman–Crippen MR) is 287 cm³/mol. The molecule has 1 aliphatic rings. The maximum absolute atomic E-state index is 6.27. The molecule has 4 nitrogen and oxygen atoms in total. The molecule has 0 saturated heterocycles. The summed E-state index contributed by atoms with van der Waals surface area (Å²) in [5, 5.41) is 6.90. The molecule has 2 aromatic heterocycles. The van der Waals surface area contributed by atoms with Crippen molar-refractivity contribution in [2.45, 2.75) is 5.41 Å². The molecule has 4 heteroatoms. The first-order valence-corrected chi connectivity index (χ1v) is 23.8. The molecule has 11 aromatic carbocycles. The van der Waals surface area contributed by atoms with Crippen molar-refractivity contribution in [1.29, 1.82) is 0 Å². The van der Waals surface area contributed by atoms with Crippen molar-refractivity contribution in [3.63, 3.8) is 0 Å². The number of hydrogen-bond donors (Lipinski definition) is 0. The van der Waals surface area contributed by atoms with E-state index in [-0.39, 0.29) is 0 Å². The second kappa shape index (κ2) is 15.9. The molecule has 2 heterocycles. The minimum atomic E-state index is -0.473. The molecule has 0 saturated carbocycles. The van der Waals surface area contributed by atoms with Gasteiger partial charge in [0.1, 0.15) is 11.2 Å². The predicted octanol–water partition coefficient (Wildman–Crippen LogP) is 16.8. The molecular formula is C66H41N3O. The molecule has 0 fully saturated rings. The third-order valence-corrected chi connectivity index (χ3v) is 14.4. The van der Waals surface area contributed by atoms with Gasteiger partial charge < -0.3 is 4.42 Å². The van der Waals surface area contributed by atoms with Gasteiger partial charge in [0, 0.05) is 27.5 Å². The summed E-state index contributed by atoms with van der Waals surface area (Å²) in [5.41, 5.74) is 16.3. The van der Waals surface area contributed by atoms with Crippen LogP contribution in [0.15, 0.2) is 253 Å². The molecule has 326 valence electrons. The monoisotopic (exact) mass is 891 g/mol. The number of benzene rings is 11. The summed E-state index contributed by atoms with van der Waals surface area (Å²) in [6.07, 6.45) is 0. The molecule has 14 rings (SSSR count). The quantitative estimate of drug-likeness (QED) is 0.160. The van der Waals surface area contributed by atoms with Gasteiger partial charge in [0.25, 0.3) is 0 Å². The second-order valence-corrected chi connectivity index (χ2v) is 18.2. The molecule has 13 aromatic rings. The minimum absolute atomic E-state index is 0.473. The first-order valence-electron chi connectivity index (χ1n) is 23.8. The van der Waals surface area contributed by atoms with E-state index in [2.05, 4.69) is 188 Å². The average Bonchev–Trinajstić information content (AvgIpc) is 3.98. The molecule has 0 bridgehead atoms. The van der Waals surface area contributed by atoms with E-state index in [0.29, 0.717) is 17.5 Å². The van der Waals surface area contributed by atoms with Crippen molar-refractivity contribution >= 4 is 43.5 Å². The maximum atomic E-state index is 6.27. The highest BCUT2D eigenvalue weighted by molar-refractivity contribution is 6.12. The number of nitrogens with zero attached hydrogens (tertiary/aromatic N) is 3. The van der Waals surface area contributed by atoms with Crippen LogP contribution in [0, 0.1) is 0 Å². The van der Waals surface area contributed by atoms with Crippen LogP contribution in [0.2, 0.25) is 0 Å². The zero-order valence-electron chi connectivity index (χ0n) is 37.9. The lowest BCUT2D eigenvalue weighted by molar-refractivity contribution is 0.669. The van der Waals surface area contributed by atoms with E-state index in [4.69, 9.17) is 19.4 Å². The van der Waals surface area contributed by atoms with Gasteiger partial charge in [-0.25, -0.2) is 15.0 Å². The third-order valence-electron chi connectivity index (χ3n) is 14.4. The Morgan fingerprint density at radius 2 is 0.814 bits per heavy atom. The van der Waals surface area contributed by atoms with Gasteiger partial charge in [-0.3, -0.25) is 0 Å². The fourth-order valence-corrected chi connectivity index (χ4v) is 11.4. The Bertz CT molecular complexity index is 4120. The summed E-state index contributed by atoms with van der Waals surface area (Å²) in [4.78, 5) is 15.3. The molecule has 0 aliphatic heterocycles. The third kappa shape index (κ3) is 6.13. The van der Waals surface area contributed by atoms with Gasteiger partial charge in [0.05, 0.1) is 5.41 Å². The van der Waals surface area contributed by atoms with Crippen LogP contribution >= 0.6 is 0 Å². The topological polar surface area (TPSA) is 51.8 Å². The number of hydrogen-bond acceptors (Lipinski definition) is 4. The van der Waals surface area contributed by atoms with Gasteiger partial charge >= 0.3 is 0 Å². The number of rotatable bonds is 7. The van der Waals surface area contributed by atoms with Crippen LogP contribution in [0.3, 0.4) is 0 Å². The lowest BCUT2D eigenvalue weighted by atomic mass is 9.66. The van der Waals surface area contributed by atoms with Crippen molar-refractivity contribution in [3.8, 4) is 67.5 Å². The second-order valence-electron chi connectivity index (χ2n) is 18.2. The van der Waals surface area contributed by atoms with Gasteiger partial charge in [0.15, 0.2) is 17.5 Å². The Kier molecular flexibility index (Phi) is 9.08. The summed E-state index contributed by atoms with van der Waals surface area (Å²) < 4.78 is 6.27. The number of para-hydroxylation sites is 1. The van der Waals surface area contributed by atoms with Crippen molar-refractivity contribution in [2.75, 3.05) is 0 Å². The average molecular weight is 892 g/mol. The zero-order valence-corrected chi connectivity index (χ0v) is 37.9. The minimum Gasteiger partial charge on any atom is -0.456 e. The molecule has 1 aliphatic carbocycles. The van der Waals surface area contributed by atoms with Crippen molar-refractivity contribution in [3.05, 3.63) is 271 Å². The lowest BCUT2D eigenvalue weighted by Crippen LogP contribution is -2.28. The Balaban J connectivity index is 0.865. The van der Waals surface area contributed by atoms with Gasteiger partial charge in [-0.2, -0.15) is 0 Å². The van der Waals surface area contributed by atoms with Gasteiger partial charge in [-0.05, 0) is 95.4 Å². The van der Waals surface area contributed by atoms with Crippen molar-refractivity contribution in [2.24, 2.45) is 0 Å². The molecule has 0 N–H and O–H groups in total. The van der Waals surface area contributed by atoms with Crippen LogP contribution in [-0.2, 0) is 5.41 Å². The Morgan fingerprint density at radius 3 is 1.53 bits per heavy atom. The fourth-order valence-electron chi connectivity index (χ4n) is 11.4. The Labute approximate surface area is 404 Å². The normalized spacial score (nSPS) is 12.7. The van der Waals surface area contributed by atoms with Crippen LogP contribution < -0.4 is 0 Å². The van der Waals surface area contributed by atoms with E-state index in [1.165, 1.54) is 66.1 Å². The van der Waals surface area contributed by atoms with Crippen LogP contribution in [0.5, 0.6) is 0 Å². The molecule has 70 heavy (non-hydrogen) atoms. The van der Waals surface area contributed by atoms with Gasteiger partial charge in [-0.15, -0.1) is 0 Å². The SMILES string of the molecule is c1ccc(-c2nc(-c3ccc(-c4ccc(-c5ccc6c7c(ccc6c5)-c5ccccc5C7(c5ccccc5)c5ccccc5)c5ccccc45)cc3)nc(-c3cccc4oc5ccccc5c34)n2)cc1. The van der Waals surface area contributed by atoms with E-state index in [1.54, 1.807) is 0 Å². The van der Waals surface area contributed by atoms with Crippen molar-refractivity contribution < 1.29 is 4.42 Å². The smallest absolute Gasteiger partial charge is 0.164 e. The molecule has 0 unspecified atom stereocenters. The van der Waals surface area contributed by atoms with E-state index < -0.39 is 5.41 Å². The van der Waals surface area contributed by atoms with E-state index >= 15 is 0 Å². The standard InChI is InChI=1S/C66H41N3O/c1-4-17-43(18-5-1)63-67-64(69-65(68-63)57-27-16-30-60-61(57)56-26-13-15-29-59(56)70-60)44-33-31-42(32-34-44)49-39-40-50(53-24-11-10-23-52(49)53)45-35-37-51-46(41-45)36-38-55-54-25-12-14-28-58(54)66(62(51)55,47-19-6-2-7-20-47)48-21-8-3-9-22-48/h1-41H. The highest BCUT2D eigenvalue weighted by Crippen LogP contribution is 2.58. The summed E-state index contributed by atoms with van der Waals surface area (Å²) in [5.74, 6) is 1.82. The fraction of sp³-hybridized carbons (Fsp3) is 0.0152. The van der Waals surface area contributed by atoms with Crippen LogP contribution in [0.25, 0.3) is 111 Å². The van der Waals surface area contributed by atoms with Crippen LogP contribution in [0.1, 0.15) is 22.3 Å². The first-order chi connectivity index (χ1) is 34.7. The van der Waals surface area contributed by atoms with E-state index in [0.717, 1.165) is 49.8 Å². The van der Waals surface area contributed by atoms with Gasteiger partial charge in [-0.1, -0.05) is 231 Å². The Morgan fingerprint density at radius 1 is 0.300 bits per heavy atom. The highest BCUT2D eigenvalue weighted by atomic mass is 16.3.